The fourth-order valence-electron chi connectivity index (χ4n) is 1.53. The maximum Gasteiger partial charge on any atom is 0.248 e. The number of pyridine rings is 1. The van der Waals surface area contributed by atoms with Crippen LogP contribution in [-0.4, -0.2) is 16.0 Å². The standard InChI is InChI=1S/C8H7N3O.C7H7NO/c9-8-5-7(11-12-8)6-3-1-2-4-10-6;8-7(9)6-4-2-1-3-5-6/h1-5H,9H2;1-5H,(H2,8,9). The van der Waals surface area contributed by atoms with E-state index in [9.17, 15) is 4.79 Å². The molecule has 0 aliphatic rings. The highest BCUT2D eigenvalue weighted by Gasteiger charge is 2.03. The molecule has 1 amide bonds. The number of carbonyl (C=O) groups is 1. The van der Waals surface area contributed by atoms with Gasteiger partial charge in [-0.15, -0.1) is 0 Å². The molecule has 2 aromatic heterocycles. The monoisotopic (exact) mass is 282 g/mol. The van der Waals surface area contributed by atoms with Crippen molar-refractivity contribution >= 4 is 11.8 Å². The Kier molecular flexibility index (Phi) is 4.66. The lowest BCUT2D eigenvalue weighted by atomic mass is 10.2. The van der Waals surface area contributed by atoms with E-state index in [0.29, 0.717) is 17.1 Å². The number of amides is 1. The summed E-state index contributed by atoms with van der Waals surface area (Å²) < 4.78 is 4.71. The van der Waals surface area contributed by atoms with Crippen LogP contribution in [0.25, 0.3) is 11.4 Å². The van der Waals surface area contributed by atoms with Gasteiger partial charge in [-0.3, -0.25) is 9.78 Å². The van der Waals surface area contributed by atoms with Crippen LogP contribution >= 0.6 is 0 Å². The molecule has 6 nitrogen and oxygen atoms in total. The zero-order chi connectivity index (χ0) is 15.1. The van der Waals surface area contributed by atoms with E-state index in [1.54, 1.807) is 36.5 Å². The molecule has 4 N–H and O–H groups in total. The van der Waals surface area contributed by atoms with E-state index in [-0.39, 0.29) is 5.91 Å². The summed E-state index contributed by atoms with van der Waals surface area (Å²) in [5, 5.41) is 3.72. The Hall–Kier alpha value is -3.15. The fourth-order valence-corrected chi connectivity index (χ4v) is 1.53. The van der Waals surface area contributed by atoms with Gasteiger partial charge in [-0.2, -0.15) is 0 Å². The van der Waals surface area contributed by atoms with Gasteiger partial charge in [0.1, 0.15) is 5.69 Å². The van der Waals surface area contributed by atoms with E-state index in [1.807, 2.05) is 24.3 Å². The molecular formula is C15H14N4O2. The molecule has 0 saturated heterocycles. The first-order valence-corrected chi connectivity index (χ1v) is 6.15. The molecule has 0 unspecified atom stereocenters. The Bertz CT molecular complexity index is 696. The van der Waals surface area contributed by atoms with Gasteiger partial charge in [0.15, 0.2) is 0 Å². The zero-order valence-electron chi connectivity index (χ0n) is 11.1. The maximum atomic E-state index is 10.4. The van der Waals surface area contributed by atoms with E-state index in [2.05, 4.69) is 10.1 Å². The zero-order valence-corrected chi connectivity index (χ0v) is 11.1. The lowest BCUT2D eigenvalue weighted by Gasteiger charge is -1.89. The van der Waals surface area contributed by atoms with Crippen molar-refractivity contribution in [2.75, 3.05) is 5.73 Å². The third-order valence-corrected chi connectivity index (χ3v) is 2.51. The highest BCUT2D eigenvalue weighted by molar-refractivity contribution is 5.92. The second-order valence-electron chi connectivity index (χ2n) is 4.06. The summed E-state index contributed by atoms with van der Waals surface area (Å²) in [6, 6.07) is 16.0. The van der Waals surface area contributed by atoms with Gasteiger partial charge in [-0.05, 0) is 24.3 Å². The van der Waals surface area contributed by atoms with Crippen molar-refractivity contribution in [2.45, 2.75) is 0 Å². The van der Waals surface area contributed by atoms with Crippen LogP contribution in [0.5, 0.6) is 0 Å². The molecule has 6 heteroatoms. The second kappa shape index (κ2) is 6.85. The number of benzene rings is 1. The van der Waals surface area contributed by atoms with Gasteiger partial charge in [0, 0.05) is 17.8 Å². The highest BCUT2D eigenvalue weighted by atomic mass is 16.5. The molecule has 106 valence electrons. The van der Waals surface area contributed by atoms with Gasteiger partial charge in [0.2, 0.25) is 11.8 Å². The number of carbonyl (C=O) groups excluding carboxylic acids is 1. The van der Waals surface area contributed by atoms with Crippen molar-refractivity contribution in [3.63, 3.8) is 0 Å². The van der Waals surface area contributed by atoms with Gasteiger partial charge in [0.05, 0.1) is 5.69 Å². The van der Waals surface area contributed by atoms with Gasteiger partial charge in [0.25, 0.3) is 0 Å². The van der Waals surface area contributed by atoms with E-state index in [1.165, 1.54) is 0 Å². The summed E-state index contributed by atoms with van der Waals surface area (Å²) in [4.78, 5) is 14.5. The predicted molar refractivity (Wildman–Crippen MR) is 79.1 cm³/mol. The molecule has 0 atom stereocenters. The molecule has 0 aliphatic heterocycles. The second-order valence-corrected chi connectivity index (χ2v) is 4.06. The first-order valence-electron chi connectivity index (χ1n) is 6.15. The number of nitrogen functional groups attached to an aromatic ring is 1. The van der Waals surface area contributed by atoms with Crippen molar-refractivity contribution in [1.29, 1.82) is 0 Å². The van der Waals surface area contributed by atoms with Crippen molar-refractivity contribution in [3.8, 4) is 11.4 Å². The average molecular weight is 282 g/mol. The van der Waals surface area contributed by atoms with Crippen molar-refractivity contribution in [2.24, 2.45) is 5.73 Å². The number of primary amides is 1. The summed E-state index contributed by atoms with van der Waals surface area (Å²) >= 11 is 0. The first kappa shape index (κ1) is 14.3. The number of hydrogen-bond acceptors (Lipinski definition) is 5. The third kappa shape index (κ3) is 4.17. The van der Waals surface area contributed by atoms with E-state index < -0.39 is 0 Å². The molecule has 0 radical (unpaired) electrons. The van der Waals surface area contributed by atoms with E-state index >= 15 is 0 Å². The molecule has 3 aromatic rings. The molecule has 0 spiro atoms. The number of nitrogens with zero attached hydrogens (tertiary/aromatic N) is 2. The van der Waals surface area contributed by atoms with Crippen molar-refractivity contribution in [1.82, 2.24) is 10.1 Å². The summed E-state index contributed by atoms with van der Waals surface area (Å²) in [6.45, 7) is 0. The first-order chi connectivity index (χ1) is 10.2. The van der Waals surface area contributed by atoms with Crippen LogP contribution in [0.2, 0.25) is 0 Å². The minimum atomic E-state index is -0.379. The Morgan fingerprint density at radius 2 is 1.71 bits per heavy atom. The molecule has 21 heavy (non-hydrogen) atoms. The normalized spacial score (nSPS) is 9.52. The maximum absolute atomic E-state index is 10.4. The number of aromatic nitrogens is 2. The SMILES string of the molecule is NC(=O)c1ccccc1.Nc1cc(-c2ccccn2)no1. The van der Waals surface area contributed by atoms with Crippen LogP contribution < -0.4 is 11.5 Å². The summed E-state index contributed by atoms with van der Waals surface area (Å²) in [5.41, 5.74) is 12.3. The number of rotatable bonds is 2. The summed E-state index contributed by atoms with van der Waals surface area (Å²) in [7, 11) is 0. The summed E-state index contributed by atoms with van der Waals surface area (Å²) in [6.07, 6.45) is 1.69. The van der Waals surface area contributed by atoms with Crippen LogP contribution in [0.3, 0.4) is 0 Å². The van der Waals surface area contributed by atoms with E-state index in [4.69, 9.17) is 16.0 Å². The smallest absolute Gasteiger partial charge is 0.248 e. The quantitative estimate of drug-likeness (QED) is 0.748. The molecule has 0 fully saturated rings. The average Bonchev–Trinajstić information content (AvgIpc) is 2.96. The van der Waals surface area contributed by atoms with Crippen LogP contribution in [0.4, 0.5) is 5.88 Å². The highest BCUT2D eigenvalue weighted by Crippen LogP contribution is 2.16. The Balaban J connectivity index is 0.000000161. The molecule has 0 bridgehead atoms. The minimum Gasteiger partial charge on any atom is -0.368 e. The molecule has 0 saturated carbocycles. The predicted octanol–water partition coefficient (Wildman–Crippen LogP) is 2.10. The fraction of sp³-hybridized carbons (Fsp3) is 0. The number of hydrogen-bond donors (Lipinski definition) is 2. The van der Waals surface area contributed by atoms with Crippen LogP contribution in [0, 0.1) is 0 Å². The largest absolute Gasteiger partial charge is 0.368 e. The van der Waals surface area contributed by atoms with Gasteiger partial charge < -0.3 is 16.0 Å². The van der Waals surface area contributed by atoms with Crippen molar-refractivity contribution in [3.05, 3.63) is 66.4 Å². The van der Waals surface area contributed by atoms with Gasteiger partial charge >= 0.3 is 0 Å². The Labute approximate surface area is 121 Å². The molecule has 3 rings (SSSR count). The molecule has 1 aromatic carbocycles. The topological polar surface area (TPSA) is 108 Å². The lowest BCUT2D eigenvalue weighted by molar-refractivity contribution is 0.100. The lowest BCUT2D eigenvalue weighted by Crippen LogP contribution is -2.09. The summed E-state index contributed by atoms with van der Waals surface area (Å²) in [5.74, 6) is -0.0775. The Morgan fingerprint density at radius 1 is 1.00 bits per heavy atom. The van der Waals surface area contributed by atoms with E-state index in [0.717, 1.165) is 5.69 Å². The number of nitrogens with two attached hydrogens (primary N) is 2. The van der Waals surface area contributed by atoms with Crippen LogP contribution in [0.15, 0.2) is 65.3 Å². The minimum absolute atomic E-state index is 0.302. The molecule has 2 heterocycles. The number of anilines is 1. The molecular weight excluding hydrogens is 268 g/mol. The third-order valence-electron chi connectivity index (χ3n) is 2.51. The van der Waals surface area contributed by atoms with Gasteiger partial charge in [-0.1, -0.05) is 29.4 Å². The van der Waals surface area contributed by atoms with Crippen molar-refractivity contribution < 1.29 is 9.32 Å². The van der Waals surface area contributed by atoms with Gasteiger partial charge in [-0.25, -0.2) is 0 Å². The van der Waals surface area contributed by atoms with Crippen LogP contribution in [-0.2, 0) is 0 Å². The molecule has 0 aliphatic carbocycles. The Morgan fingerprint density at radius 3 is 2.19 bits per heavy atom. The van der Waals surface area contributed by atoms with Crippen LogP contribution in [0.1, 0.15) is 10.4 Å².